The van der Waals surface area contributed by atoms with Crippen LogP contribution >= 0.6 is 11.6 Å². The van der Waals surface area contributed by atoms with E-state index in [2.05, 4.69) is 5.32 Å². The fourth-order valence-corrected chi connectivity index (χ4v) is 5.84. The van der Waals surface area contributed by atoms with Gasteiger partial charge in [0.05, 0.1) is 34.0 Å². The molecule has 3 heterocycles. The first-order chi connectivity index (χ1) is 16.9. The van der Waals surface area contributed by atoms with Crippen LogP contribution in [-0.4, -0.2) is 52.4 Å². The first-order valence-corrected chi connectivity index (χ1v) is 11.7. The number of hydrogen-bond acceptors (Lipinski definition) is 4. The number of imide groups is 1. The second-order valence-corrected chi connectivity index (χ2v) is 9.44. The summed E-state index contributed by atoms with van der Waals surface area (Å²) < 4.78 is 0. The van der Waals surface area contributed by atoms with Gasteiger partial charge in [-0.1, -0.05) is 48.0 Å². The third kappa shape index (κ3) is 3.01. The molecule has 3 aromatic rings. The minimum Gasteiger partial charge on any atom is -0.317 e. The van der Waals surface area contributed by atoms with Crippen LogP contribution in [0.2, 0.25) is 5.02 Å². The molecule has 2 unspecified atom stereocenters. The van der Waals surface area contributed by atoms with Crippen LogP contribution in [0.15, 0.2) is 54.6 Å². The molecular formula is C26H20ClN5O3. The average molecular weight is 486 g/mol. The lowest BCUT2D eigenvalue weighted by molar-refractivity contribution is -0.120. The normalized spacial score (nSPS) is 22.7. The lowest BCUT2D eigenvalue weighted by Crippen LogP contribution is -2.55. The molecule has 1 N–H and O–H groups in total. The van der Waals surface area contributed by atoms with E-state index < -0.39 is 18.1 Å². The molecule has 2 bridgehead atoms. The van der Waals surface area contributed by atoms with Gasteiger partial charge in [0.1, 0.15) is 12.1 Å². The van der Waals surface area contributed by atoms with Gasteiger partial charge in [-0.25, -0.2) is 14.5 Å². The number of urea groups is 2. The molecule has 6 rings (SSSR count). The number of carbonyl (C=O) groups excluding carboxylic acids is 3. The summed E-state index contributed by atoms with van der Waals surface area (Å²) in [7, 11) is 0. The van der Waals surface area contributed by atoms with Gasteiger partial charge in [-0.05, 0) is 42.5 Å². The molecule has 8 nitrogen and oxygen atoms in total. The van der Waals surface area contributed by atoms with E-state index in [0.29, 0.717) is 29.9 Å². The lowest BCUT2D eigenvalue weighted by Gasteiger charge is -2.34. The third-order valence-corrected chi connectivity index (χ3v) is 7.76. The Balaban J connectivity index is 1.28. The number of benzene rings is 3. The summed E-state index contributed by atoms with van der Waals surface area (Å²) in [6, 6.07) is 16.5. The number of fused-ring (bicyclic) bond motifs is 6. The van der Waals surface area contributed by atoms with Crippen molar-refractivity contribution in [1.82, 2.24) is 9.80 Å². The monoisotopic (exact) mass is 485 g/mol. The van der Waals surface area contributed by atoms with Gasteiger partial charge >= 0.3 is 12.1 Å². The number of amides is 5. The number of likely N-dealkylation sites (tertiary alicyclic amines) is 1. The van der Waals surface area contributed by atoms with Crippen LogP contribution in [0.4, 0.5) is 21.0 Å². The second kappa shape index (κ2) is 7.72. The molecule has 5 amide bonds. The minimum absolute atomic E-state index is 0.219. The number of nitriles is 1. The maximum absolute atomic E-state index is 13.5. The van der Waals surface area contributed by atoms with E-state index in [1.165, 1.54) is 6.07 Å². The Labute approximate surface area is 206 Å². The highest BCUT2D eigenvalue weighted by molar-refractivity contribution is 6.33. The predicted molar refractivity (Wildman–Crippen MR) is 131 cm³/mol. The van der Waals surface area contributed by atoms with Gasteiger partial charge in [-0.2, -0.15) is 5.26 Å². The Kier molecular flexibility index (Phi) is 4.73. The van der Waals surface area contributed by atoms with Crippen LogP contribution in [0.5, 0.6) is 0 Å². The maximum atomic E-state index is 13.5. The summed E-state index contributed by atoms with van der Waals surface area (Å²) in [5.41, 5.74) is 1.84. The van der Waals surface area contributed by atoms with Crippen molar-refractivity contribution in [3.8, 4) is 6.07 Å². The highest BCUT2D eigenvalue weighted by Crippen LogP contribution is 2.44. The van der Waals surface area contributed by atoms with E-state index in [-0.39, 0.29) is 28.6 Å². The molecular weight excluding hydrogens is 466 g/mol. The molecule has 3 aliphatic heterocycles. The molecule has 0 aromatic heterocycles. The summed E-state index contributed by atoms with van der Waals surface area (Å²) in [6.07, 6.45) is 0.562. The van der Waals surface area contributed by atoms with E-state index in [9.17, 15) is 19.6 Å². The van der Waals surface area contributed by atoms with Crippen molar-refractivity contribution in [3.63, 3.8) is 0 Å². The molecule has 0 saturated carbocycles. The van der Waals surface area contributed by atoms with Crippen LogP contribution < -0.4 is 10.2 Å². The molecule has 3 aliphatic rings. The predicted octanol–water partition coefficient (Wildman–Crippen LogP) is 4.50. The summed E-state index contributed by atoms with van der Waals surface area (Å²) in [5.74, 6) is -0.381. The zero-order valence-corrected chi connectivity index (χ0v) is 19.5. The number of hydrogen-bond donors (Lipinski definition) is 1. The number of piperazine rings is 1. The summed E-state index contributed by atoms with van der Waals surface area (Å²) in [5, 5.41) is 14.4. The smallest absolute Gasteiger partial charge is 0.317 e. The van der Waals surface area contributed by atoms with Crippen molar-refractivity contribution < 1.29 is 14.4 Å². The van der Waals surface area contributed by atoms with Crippen LogP contribution in [0.3, 0.4) is 0 Å². The molecule has 9 heteroatoms. The zero-order valence-electron chi connectivity index (χ0n) is 18.7. The van der Waals surface area contributed by atoms with Gasteiger partial charge in [-0.3, -0.25) is 4.79 Å². The number of rotatable bonds is 2. The van der Waals surface area contributed by atoms with Gasteiger partial charge in [0.25, 0.3) is 5.91 Å². The van der Waals surface area contributed by atoms with Gasteiger partial charge in [0.15, 0.2) is 0 Å². The quantitative estimate of drug-likeness (QED) is 0.540. The molecule has 0 spiro atoms. The van der Waals surface area contributed by atoms with Gasteiger partial charge < -0.3 is 15.1 Å². The Morgan fingerprint density at radius 2 is 1.89 bits per heavy atom. The first kappa shape index (κ1) is 21.4. The molecule has 0 radical (unpaired) electrons. The molecule has 3 atom stereocenters. The largest absolute Gasteiger partial charge is 0.332 e. The summed E-state index contributed by atoms with van der Waals surface area (Å²) in [6.45, 7) is 2.04. The average Bonchev–Trinajstić information content (AvgIpc) is 3.53. The van der Waals surface area contributed by atoms with E-state index in [1.54, 1.807) is 22.8 Å². The van der Waals surface area contributed by atoms with Crippen LogP contribution in [0.1, 0.15) is 17.5 Å². The van der Waals surface area contributed by atoms with Crippen LogP contribution in [0.25, 0.3) is 10.8 Å². The number of nitrogens with zero attached hydrogens (tertiary/aromatic N) is 4. The van der Waals surface area contributed by atoms with Crippen molar-refractivity contribution in [2.75, 3.05) is 16.8 Å². The van der Waals surface area contributed by atoms with Crippen LogP contribution in [0, 0.1) is 18.3 Å². The Morgan fingerprint density at radius 1 is 1.11 bits per heavy atom. The number of carbonyl (C=O) groups is 3. The van der Waals surface area contributed by atoms with E-state index in [1.807, 2.05) is 48.5 Å². The molecule has 35 heavy (non-hydrogen) atoms. The number of halogens is 1. The van der Waals surface area contributed by atoms with E-state index in [4.69, 9.17) is 11.6 Å². The molecule has 0 aliphatic carbocycles. The topological polar surface area (TPSA) is 96.8 Å². The van der Waals surface area contributed by atoms with Gasteiger partial charge in [-0.15, -0.1) is 0 Å². The molecule has 174 valence electrons. The van der Waals surface area contributed by atoms with Crippen molar-refractivity contribution in [3.05, 3.63) is 70.7 Å². The maximum Gasteiger partial charge on any atom is 0.332 e. The van der Waals surface area contributed by atoms with Gasteiger partial charge in [0.2, 0.25) is 0 Å². The zero-order chi connectivity index (χ0) is 24.4. The number of anilines is 2. The fraction of sp³-hybridized carbons (Fsp3) is 0.231. The first-order valence-electron chi connectivity index (χ1n) is 11.3. The lowest BCUT2D eigenvalue weighted by atomic mass is 10.1. The summed E-state index contributed by atoms with van der Waals surface area (Å²) in [4.78, 5) is 44.5. The van der Waals surface area contributed by atoms with Crippen LogP contribution in [-0.2, 0) is 4.79 Å². The van der Waals surface area contributed by atoms with Crippen molar-refractivity contribution in [1.29, 1.82) is 5.26 Å². The van der Waals surface area contributed by atoms with Crippen molar-refractivity contribution >= 4 is 51.7 Å². The Hall–Kier alpha value is -4.09. The number of nitrogens with one attached hydrogen (secondary N) is 1. The minimum atomic E-state index is -0.742. The Morgan fingerprint density at radius 3 is 2.69 bits per heavy atom. The van der Waals surface area contributed by atoms with E-state index in [0.717, 1.165) is 15.7 Å². The second-order valence-electron chi connectivity index (χ2n) is 9.06. The van der Waals surface area contributed by atoms with Crippen molar-refractivity contribution in [2.24, 2.45) is 0 Å². The molecule has 3 aromatic carbocycles. The van der Waals surface area contributed by atoms with Gasteiger partial charge in [0, 0.05) is 11.9 Å². The standard InChI is InChI=1S/C26H20ClN5O3/c1-14-20(10-9-16(12-28)22(14)27)32-24(33)23-21-11-17(31(23)26(32)35)13-30(21)25(34)29-19-8-4-6-15-5-2-3-7-18(15)19/h2-10,17,21,23H,11,13H2,1H3,(H,29,34)/t17?,21?,23-/m0/s1. The van der Waals surface area contributed by atoms with Crippen molar-refractivity contribution in [2.45, 2.75) is 31.5 Å². The highest BCUT2D eigenvalue weighted by Gasteiger charge is 2.63. The highest BCUT2D eigenvalue weighted by atomic mass is 35.5. The SMILES string of the molecule is Cc1c(N2C(=O)[C@@H]3C4CC(CN4C(=O)Nc4cccc5ccccc45)N3C2=O)ccc(C#N)c1Cl. The third-order valence-electron chi connectivity index (χ3n) is 7.28. The van der Waals surface area contributed by atoms with E-state index >= 15 is 0 Å². The molecule has 3 saturated heterocycles. The fourth-order valence-electron chi connectivity index (χ4n) is 5.64. The molecule has 3 fully saturated rings. The summed E-state index contributed by atoms with van der Waals surface area (Å²) >= 11 is 6.30. The Bertz CT molecular complexity index is 1480.